The highest BCUT2D eigenvalue weighted by Gasteiger charge is 2.24. The van der Waals surface area contributed by atoms with Gasteiger partial charge in [0.05, 0.1) is 22.6 Å². The molecule has 0 saturated carbocycles. The van der Waals surface area contributed by atoms with E-state index < -0.39 is 19.9 Å². The summed E-state index contributed by atoms with van der Waals surface area (Å²) in [6.45, 7) is 1.85. The summed E-state index contributed by atoms with van der Waals surface area (Å²) in [6.07, 6.45) is 2.68. The van der Waals surface area contributed by atoms with Gasteiger partial charge in [-0.2, -0.15) is 0 Å². The molecule has 0 spiro atoms. The first-order valence-electron chi connectivity index (χ1n) is 8.17. The average molecular weight is 418 g/mol. The van der Waals surface area contributed by atoms with Crippen molar-refractivity contribution in [2.24, 2.45) is 0 Å². The highest BCUT2D eigenvalue weighted by Crippen LogP contribution is 2.32. The van der Waals surface area contributed by atoms with E-state index in [-0.39, 0.29) is 26.1 Å². The molecule has 0 aliphatic carbocycles. The highest BCUT2D eigenvalue weighted by atomic mass is 32.2. The zero-order valence-electron chi connectivity index (χ0n) is 15.2. The van der Waals surface area contributed by atoms with E-state index in [1.54, 1.807) is 12.1 Å². The minimum atomic E-state index is -3.95. The van der Waals surface area contributed by atoms with Gasteiger partial charge in [-0.1, -0.05) is 17.7 Å². The Morgan fingerprint density at radius 3 is 2.25 bits per heavy atom. The molecule has 7 nitrogen and oxygen atoms in total. The summed E-state index contributed by atoms with van der Waals surface area (Å²) in [5.41, 5.74) is 1.03. The van der Waals surface area contributed by atoms with Crippen LogP contribution in [0.4, 0.5) is 5.69 Å². The Morgan fingerprint density at radius 1 is 0.929 bits per heavy atom. The Kier molecular flexibility index (Phi) is 5.39. The van der Waals surface area contributed by atoms with E-state index in [0.717, 1.165) is 5.56 Å². The number of aromatic nitrogens is 1. The molecule has 9 heteroatoms. The lowest BCUT2D eigenvalue weighted by molar-refractivity contribution is 0.403. The number of hydrogen-bond donors (Lipinski definition) is 1. The molecular formula is C19H18N2O5S2. The second-order valence-electron chi connectivity index (χ2n) is 5.98. The maximum atomic E-state index is 12.9. The van der Waals surface area contributed by atoms with E-state index in [1.807, 2.05) is 6.92 Å². The number of sulfonamides is 1. The molecule has 0 aliphatic heterocycles. The second kappa shape index (κ2) is 7.61. The topological polar surface area (TPSA) is 102 Å². The third-order valence-electron chi connectivity index (χ3n) is 3.98. The molecule has 0 saturated heterocycles. The van der Waals surface area contributed by atoms with E-state index in [4.69, 9.17) is 4.74 Å². The Hall–Kier alpha value is -2.91. The smallest absolute Gasteiger partial charge is 0.261 e. The maximum absolute atomic E-state index is 12.9. The molecule has 0 fully saturated rings. The zero-order valence-corrected chi connectivity index (χ0v) is 16.8. The van der Waals surface area contributed by atoms with Crippen LogP contribution in [0.25, 0.3) is 0 Å². The molecule has 2 aromatic carbocycles. The van der Waals surface area contributed by atoms with E-state index >= 15 is 0 Å². The molecule has 146 valence electrons. The molecule has 1 N–H and O–H groups in total. The first-order valence-corrected chi connectivity index (χ1v) is 11.1. The van der Waals surface area contributed by atoms with Gasteiger partial charge in [0, 0.05) is 12.4 Å². The number of nitrogens with one attached hydrogen (secondary N) is 1. The van der Waals surface area contributed by atoms with Crippen molar-refractivity contribution in [3.05, 3.63) is 72.6 Å². The quantitative estimate of drug-likeness (QED) is 0.660. The number of sulfone groups is 1. The number of methoxy groups -OCH3 is 1. The lowest BCUT2D eigenvalue weighted by Crippen LogP contribution is -2.14. The minimum absolute atomic E-state index is 0.0214. The number of pyridine rings is 1. The number of ether oxygens (including phenoxy) is 1. The third-order valence-corrected chi connectivity index (χ3v) is 7.14. The lowest BCUT2D eigenvalue weighted by Gasteiger charge is -2.13. The summed E-state index contributed by atoms with van der Waals surface area (Å²) in [5, 5.41) is 0. The fourth-order valence-corrected chi connectivity index (χ4v) is 4.97. The molecule has 0 bridgehead atoms. The van der Waals surface area contributed by atoms with Crippen LogP contribution in [0.15, 0.2) is 81.7 Å². The average Bonchev–Trinajstić information content (AvgIpc) is 2.68. The number of aryl methyl sites for hydroxylation is 1. The van der Waals surface area contributed by atoms with Gasteiger partial charge in [-0.25, -0.2) is 16.8 Å². The molecule has 0 aliphatic rings. The van der Waals surface area contributed by atoms with Crippen molar-refractivity contribution in [1.82, 2.24) is 4.98 Å². The van der Waals surface area contributed by atoms with Crippen LogP contribution in [0, 0.1) is 6.92 Å². The van der Waals surface area contributed by atoms with Crippen LogP contribution in [0.3, 0.4) is 0 Å². The van der Waals surface area contributed by atoms with Crippen LogP contribution < -0.4 is 9.46 Å². The Morgan fingerprint density at radius 2 is 1.64 bits per heavy atom. The molecule has 0 unspecified atom stereocenters. The molecular weight excluding hydrogens is 400 g/mol. The predicted octanol–water partition coefficient (Wildman–Crippen LogP) is 3.03. The third kappa shape index (κ3) is 4.00. The number of nitrogens with zero attached hydrogens (tertiary/aromatic N) is 1. The normalized spacial score (nSPS) is 11.8. The number of hydrogen-bond acceptors (Lipinski definition) is 6. The van der Waals surface area contributed by atoms with Crippen LogP contribution in [-0.2, 0) is 19.9 Å². The number of benzene rings is 2. The van der Waals surface area contributed by atoms with Crippen LogP contribution in [-0.4, -0.2) is 28.9 Å². The molecule has 1 heterocycles. The monoisotopic (exact) mass is 418 g/mol. The predicted molar refractivity (Wildman–Crippen MR) is 105 cm³/mol. The van der Waals surface area contributed by atoms with Gasteiger partial charge >= 0.3 is 0 Å². The van der Waals surface area contributed by atoms with E-state index in [1.165, 1.54) is 62.0 Å². The van der Waals surface area contributed by atoms with Crippen LogP contribution in [0.5, 0.6) is 5.75 Å². The summed E-state index contributed by atoms with van der Waals surface area (Å²) < 4.78 is 58.6. The van der Waals surface area contributed by atoms with Crippen molar-refractivity contribution in [2.45, 2.75) is 21.6 Å². The molecule has 28 heavy (non-hydrogen) atoms. The maximum Gasteiger partial charge on any atom is 0.261 e. The van der Waals surface area contributed by atoms with Crippen LogP contribution in [0.1, 0.15) is 5.56 Å². The van der Waals surface area contributed by atoms with Crippen molar-refractivity contribution in [2.75, 3.05) is 11.8 Å². The zero-order chi connectivity index (χ0) is 20.4. The van der Waals surface area contributed by atoms with Gasteiger partial charge in [0.2, 0.25) is 9.84 Å². The van der Waals surface area contributed by atoms with Gasteiger partial charge in [0.25, 0.3) is 10.0 Å². The van der Waals surface area contributed by atoms with Crippen molar-refractivity contribution in [3.63, 3.8) is 0 Å². The Balaban J connectivity index is 2.03. The van der Waals surface area contributed by atoms with Crippen molar-refractivity contribution >= 4 is 25.5 Å². The second-order valence-corrected chi connectivity index (χ2v) is 9.58. The Labute approximate surface area is 164 Å². The van der Waals surface area contributed by atoms with Crippen molar-refractivity contribution in [3.8, 4) is 5.75 Å². The summed E-state index contributed by atoms with van der Waals surface area (Å²) >= 11 is 0. The number of anilines is 1. The van der Waals surface area contributed by atoms with Crippen LogP contribution >= 0.6 is 0 Å². The standard InChI is InChI=1S/C19H18N2O5S2/c1-14-5-8-16(9-6-14)28(24,25)21-15-7-10-18(26-2)19(12-15)27(22,23)17-4-3-11-20-13-17/h3-13,21H,1-2H3. The van der Waals surface area contributed by atoms with E-state index in [0.29, 0.717) is 0 Å². The molecule has 3 aromatic rings. The highest BCUT2D eigenvalue weighted by molar-refractivity contribution is 7.92. The Bertz CT molecular complexity index is 1190. The summed E-state index contributed by atoms with van der Waals surface area (Å²) in [5.74, 6) is 0.0992. The van der Waals surface area contributed by atoms with Gasteiger partial charge in [0.1, 0.15) is 10.6 Å². The molecule has 1 aromatic heterocycles. The van der Waals surface area contributed by atoms with Crippen LogP contribution in [0.2, 0.25) is 0 Å². The minimum Gasteiger partial charge on any atom is -0.495 e. The van der Waals surface area contributed by atoms with Crippen molar-refractivity contribution < 1.29 is 21.6 Å². The lowest BCUT2D eigenvalue weighted by atomic mass is 10.2. The molecule has 3 rings (SSSR count). The molecule has 0 atom stereocenters. The largest absolute Gasteiger partial charge is 0.495 e. The summed E-state index contributed by atoms with van der Waals surface area (Å²) in [6, 6.07) is 13.3. The summed E-state index contributed by atoms with van der Waals surface area (Å²) in [7, 11) is -6.49. The first kappa shape index (κ1) is 19.8. The number of rotatable bonds is 6. The SMILES string of the molecule is COc1ccc(NS(=O)(=O)c2ccc(C)cc2)cc1S(=O)(=O)c1cccnc1. The van der Waals surface area contributed by atoms with E-state index in [9.17, 15) is 16.8 Å². The van der Waals surface area contributed by atoms with Gasteiger partial charge in [-0.15, -0.1) is 0 Å². The molecule has 0 radical (unpaired) electrons. The van der Waals surface area contributed by atoms with Gasteiger partial charge in [-0.05, 0) is 49.4 Å². The first-order chi connectivity index (χ1) is 13.2. The van der Waals surface area contributed by atoms with E-state index in [2.05, 4.69) is 9.71 Å². The van der Waals surface area contributed by atoms with Gasteiger partial charge < -0.3 is 4.74 Å². The van der Waals surface area contributed by atoms with Gasteiger partial charge in [-0.3, -0.25) is 9.71 Å². The molecule has 0 amide bonds. The fourth-order valence-electron chi connectivity index (χ4n) is 2.51. The summed E-state index contributed by atoms with van der Waals surface area (Å²) in [4.78, 5) is 3.72. The fraction of sp³-hybridized carbons (Fsp3) is 0.105. The van der Waals surface area contributed by atoms with Crippen molar-refractivity contribution in [1.29, 1.82) is 0 Å². The van der Waals surface area contributed by atoms with Gasteiger partial charge in [0.15, 0.2) is 0 Å².